The molecule has 0 aliphatic carbocycles. The van der Waals surface area contributed by atoms with E-state index in [4.69, 9.17) is 17.3 Å². The molecule has 0 spiro atoms. The molecule has 1 amide bonds. The van der Waals surface area contributed by atoms with Crippen molar-refractivity contribution in [2.45, 2.75) is 45.6 Å². The molecule has 0 saturated carbocycles. The van der Waals surface area contributed by atoms with Crippen molar-refractivity contribution in [1.29, 1.82) is 0 Å². The summed E-state index contributed by atoms with van der Waals surface area (Å²) in [6.45, 7) is 7.89. The number of nitrogens with two attached hydrogens (primary N) is 1. The number of hydrogen-bond donors (Lipinski definition) is 1. The second-order valence-electron chi connectivity index (χ2n) is 7.25. The van der Waals surface area contributed by atoms with Crippen LogP contribution in [-0.2, 0) is 17.8 Å². The molecule has 1 atom stereocenters. The van der Waals surface area contributed by atoms with Crippen molar-refractivity contribution in [3.63, 3.8) is 0 Å². The maximum atomic E-state index is 13.3. The first-order valence-corrected chi connectivity index (χ1v) is 9.74. The summed E-state index contributed by atoms with van der Waals surface area (Å²) in [6.07, 6.45) is 2.84. The van der Waals surface area contributed by atoms with Crippen molar-refractivity contribution in [2.24, 2.45) is 5.73 Å². The molecule has 146 valence electrons. The Morgan fingerprint density at radius 1 is 1.30 bits per heavy atom. The fourth-order valence-corrected chi connectivity index (χ4v) is 4.17. The van der Waals surface area contributed by atoms with E-state index in [1.54, 1.807) is 6.07 Å². The summed E-state index contributed by atoms with van der Waals surface area (Å²) in [5.74, 6) is -1.38. The highest BCUT2D eigenvalue weighted by atomic mass is 35.5. The number of hydrogen-bond acceptors (Lipinski definition) is 3. The van der Waals surface area contributed by atoms with Gasteiger partial charge in [0.2, 0.25) is 5.91 Å². The van der Waals surface area contributed by atoms with Crippen molar-refractivity contribution in [3.8, 4) is 0 Å². The van der Waals surface area contributed by atoms with Crippen LogP contribution in [-0.4, -0.2) is 40.2 Å². The molecule has 0 bridgehead atoms. The first-order chi connectivity index (χ1) is 12.9. The summed E-state index contributed by atoms with van der Waals surface area (Å²) in [4.78, 5) is 14.7. The summed E-state index contributed by atoms with van der Waals surface area (Å²) in [6, 6.07) is 4.21. The molecule has 5 nitrogen and oxygen atoms in total. The summed E-state index contributed by atoms with van der Waals surface area (Å²) in [7, 11) is 0. The van der Waals surface area contributed by atoms with Crippen molar-refractivity contribution in [2.75, 3.05) is 19.6 Å². The number of aryl methyl sites for hydroxylation is 1. The monoisotopic (exact) mass is 392 g/mol. The minimum absolute atomic E-state index is 0.304. The third-order valence-electron chi connectivity index (χ3n) is 5.40. The molecule has 2 heterocycles. The minimum Gasteiger partial charge on any atom is -0.369 e. The highest BCUT2D eigenvalue weighted by molar-refractivity contribution is 6.31. The van der Waals surface area contributed by atoms with Gasteiger partial charge in [-0.2, -0.15) is 5.10 Å². The van der Waals surface area contributed by atoms with Crippen molar-refractivity contribution >= 4 is 17.5 Å². The van der Waals surface area contributed by atoms with Gasteiger partial charge in [0.1, 0.15) is 5.82 Å². The zero-order valence-corrected chi connectivity index (χ0v) is 16.6. The molecule has 1 aliphatic heterocycles. The Morgan fingerprint density at radius 3 is 2.63 bits per heavy atom. The zero-order chi connectivity index (χ0) is 19.6. The SMILES string of the molecule is Cc1nn(CCN2CCCC2)c(C)c1C(Cc1ccc(F)cc1Cl)C(N)=O. The molecule has 2 aromatic rings. The van der Waals surface area contributed by atoms with Gasteiger partial charge in [-0.15, -0.1) is 0 Å². The quantitative estimate of drug-likeness (QED) is 0.786. The van der Waals surface area contributed by atoms with Crippen LogP contribution in [0, 0.1) is 19.7 Å². The minimum atomic E-state index is -0.548. The van der Waals surface area contributed by atoms with Gasteiger partial charge in [0.25, 0.3) is 0 Å². The molecular weight excluding hydrogens is 367 g/mol. The first-order valence-electron chi connectivity index (χ1n) is 9.36. The van der Waals surface area contributed by atoms with Crippen LogP contribution in [0.5, 0.6) is 0 Å². The maximum absolute atomic E-state index is 13.3. The number of likely N-dealkylation sites (tertiary alicyclic amines) is 1. The number of benzene rings is 1. The van der Waals surface area contributed by atoms with Gasteiger partial charge in [-0.25, -0.2) is 4.39 Å². The average molecular weight is 393 g/mol. The number of carbonyl (C=O) groups excluding carboxylic acids is 1. The van der Waals surface area contributed by atoms with E-state index >= 15 is 0 Å². The predicted molar refractivity (Wildman–Crippen MR) is 104 cm³/mol. The Hall–Kier alpha value is -1.92. The molecule has 3 rings (SSSR count). The Morgan fingerprint density at radius 2 is 2.00 bits per heavy atom. The van der Waals surface area contributed by atoms with Gasteiger partial charge in [0.05, 0.1) is 18.2 Å². The topological polar surface area (TPSA) is 64.2 Å². The van der Waals surface area contributed by atoms with Gasteiger partial charge >= 0.3 is 0 Å². The molecule has 1 unspecified atom stereocenters. The van der Waals surface area contributed by atoms with Crippen LogP contribution in [0.25, 0.3) is 0 Å². The van der Waals surface area contributed by atoms with Crippen LogP contribution >= 0.6 is 11.6 Å². The third kappa shape index (κ3) is 4.50. The number of nitrogens with zero attached hydrogens (tertiary/aromatic N) is 3. The van der Waals surface area contributed by atoms with Crippen LogP contribution in [0.3, 0.4) is 0 Å². The molecule has 1 fully saturated rings. The molecule has 0 radical (unpaired) electrons. The number of aromatic nitrogens is 2. The number of rotatable bonds is 7. The van der Waals surface area contributed by atoms with Gasteiger partial charge in [0.15, 0.2) is 0 Å². The van der Waals surface area contributed by atoms with E-state index < -0.39 is 17.6 Å². The molecule has 27 heavy (non-hydrogen) atoms. The Kier molecular flexibility index (Phi) is 6.17. The lowest BCUT2D eigenvalue weighted by Crippen LogP contribution is -2.26. The predicted octanol–water partition coefficient (Wildman–Crippen LogP) is 3.20. The number of halogens is 2. The second kappa shape index (κ2) is 8.40. The Bertz CT molecular complexity index is 830. The van der Waals surface area contributed by atoms with Crippen molar-refractivity contribution in [3.05, 3.63) is 51.6 Å². The van der Waals surface area contributed by atoms with E-state index in [1.165, 1.54) is 25.0 Å². The van der Waals surface area contributed by atoms with E-state index in [2.05, 4.69) is 10.00 Å². The van der Waals surface area contributed by atoms with Crippen LogP contribution in [0.4, 0.5) is 4.39 Å². The summed E-state index contributed by atoms with van der Waals surface area (Å²) in [5.41, 5.74) is 9.02. The van der Waals surface area contributed by atoms with Gasteiger partial charge in [-0.1, -0.05) is 17.7 Å². The molecule has 1 saturated heterocycles. The largest absolute Gasteiger partial charge is 0.369 e. The smallest absolute Gasteiger partial charge is 0.225 e. The van der Waals surface area contributed by atoms with Crippen LogP contribution in [0.2, 0.25) is 5.02 Å². The lowest BCUT2D eigenvalue weighted by molar-refractivity contribution is -0.119. The standard InChI is InChI=1S/C20H26ClFN4O/c1-13-19(14(2)26(24-13)10-9-25-7-3-4-8-25)17(20(23)27)11-15-5-6-16(22)12-18(15)21/h5-6,12,17H,3-4,7-11H2,1-2H3,(H2,23,27). The maximum Gasteiger partial charge on any atom is 0.225 e. The fraction of sp³-hybridized carbons (Fsp3) is 0.500. The van der Waals surface area contributed by atoms with Gasteiger partial charge < -0.3 is 10.6 Å². The normalized spacial score (nSPS) is 16.0. The van der Waals surface area contributed by atoms with Crippen molar-refractivity contribution in [1.82, 2.24) is 14.7 Å². The van der Waals surface area contributed by atoms with E-state index in [-0.39, 0.29) is 0 Å². The lowest BCUT2D eigenvalue weighted by atomic mass is 9.90. The Balaban J connectivity index is 1.83. The number of carbonyl (C=O) groups is 1. The highest BCUT2D eigenvalue weighted by Gasteiger charge is 2.27. The second-order valence-corrected chi connectivity index (χ2v) is 7.66. The van der Waals surface area contributed by atoms with Crippen LogP contribution < -0.4 is 5.73 Å². The van der Waals surface area contributed by atoms with Crippen molar-refractivity contribution < 1.29 is 9.18 Å². The molecule has 2 N–H and O–H groups in total. The van der Waals surface area contributed by atoms with Crippen LogP contribution in [0.15, 0.2) is 18.2 Å². The van der Waals surface area contributed by atoms with E-state index in [1.807, 2.05) is 18.5 Å². The average Bonchev–Trinajstić information content (AvgIpc) is 3.21. The summed E-state index contributed by atoms with van der Waals surface area (Å²) in [5, 5.41) is 4.95. The highest BCUT2D eigenvalue weighted by Crippen LogP contribution is 2.30. The zero-order valence-electron chi connectivity index (χ0n) is 15.8. The van der Waals surface area contributed by atoms with Gasteiger partial charge in [-0.05, 0) is 63.9 Å². The van der Waals surface area contributed by atoms with Gasteiger partial charge in [-0.3, -0.25) is 9.48 Å². The lowest BCUT2D eigenvalue weighted by Gasteiger charge is -2.17. The summed E-state index contributed by atoms with van der Waals surface area (Å²) >= 11 is 6.15. The van der Waals surface area contributed by atoms with Crippen LogP contribution in [0.1, 0.15) is 41.3 Å². The molecular formula is C20H26ClFN4O. The first kappa shape index (κ1) is 19.8. The Labute approximate surface area is 164 Å². The number of amides is 1. The van der Waals surface area contributed by atoms with Gasteiger partial charge in [0, 0.05) is 22.8 Å². The molecule has 1 aromatic heterocycles. The number of primary amides is 1. The van der Waals surface area contributed by atoms with E-state index in [0.717, 1.165) is 43.1 Å². The third-order valence-corrected chi connectivity index (χ3v) is 5.75. The molecule has 1 aliphatic rings. The summed E-state index contributed by atoms with van der Waals surface area (Å²) < 4.78 is 15.3. The molecule has 1 aromatic carbocycles. The fourth-order valence-electron chi connectivity index (χ4n) is 3.93. The van der Waals surface area contributed by atoms with E-state index in [0.29, 0.717) is 17.0 Å². The molecule has 7 heteroatoms. The van der Waals surface area contributed by atoms with E-state index in [9.17, 15) is 9.18 Å².